The maximum Gasteiger partial charge on any atom is 1.00 e. The number of benzene rings is 2. The van der Waals surface area contributed by atoms with Gasteiger partial charge in [0.25, 0.3) is 5.56 Å². The first kappa shape index (κ1) is 18.9. The quantitative estimate of drug-likeness (QED) is 0.587. The summed E-state index contributed by atoms with van der Waals surface area (Å²) in [5, 5.41) is 12.1. The molecule has 0 radical (unpaired) electrons. The van der Waals surface area contributed by atoms with Crippen LogP contribution in [0.2, 0.25) is 0 Å². The molecule has 0 saturated heterocycles. The Balaban J connectivity index is 0.00000208. The van der Waals surface area contributed by atoms with E-state index in [9.17, 15) is 14.7 Å². The van der Waals surface area contributed by atoms with Gasteiger partial charge in [-0.3, -0.25) is 4.79 Å². The van der Waals surface area contributed by atoms with Gasteiger partial charge in [-0.1, -0.05) is 48.5 Å². The first-order valence-electron chi connectivity index (χ1n) is 7.23. The summed E-state index contributed by atoms with van der Waals surface area (Å²) >= 11 is 0. The SMILES string of the molecule is Cc1ccccc1-n1c(=O)[nH]c([O-])c(Cc2ccccc2)c1=O.[K+]. The van der Waals surface area contributed by atoms with Crippen molar-refractivity contribution in [2.24, 2.45) is 0 Å². The first-order valence-corrected chi connectivity index (χ1v) is 7.23. The van der Waals surface area contributed by atoms with Crippen molar-refractivity contribution < 1.29 is 56.5 Å². The molecule has 6 heteroatoms. The zero-order valence-electron chi connectivity index (χ0n) is 13.6. The Morgan fingerprint density at radius 3 is 2.29 bits per heavy atom. The molecular formula is C18H15KN2O3. The van der Waals surface area contributed by atoms with E-state index in [0.717, 1.165) is 15.7 Å². The van der Waals surface area contributed by atoms with Crippen LogP contribution in [-0.2, 0) is 6.42 Å². The summed E-state index contributed by atoms with van der Waals surface area (Å²) in [6, 6.07) is 16.3. The van der Waals surface area contributed by atoms with Gasteiger partial charge in [0.05, 0.1) is 5.69 Å². The summed E-state index contributed by atoms with van der Waals surface area (Å²) < 4.78 is 1.02. The number of hydrogen-bond donors (Lipinski definition) is 1. The van der Waals surface area contributed by atoms with Crippen LogP contribution in [0.5, 0.6) is 5.88 Å². The molecular weight excluding hydrogens is 331 g/mol. The second-order valence-electron chi connectivity index (χ2n) is 5.33. The molecule has 1 N–H and O–H groups in total. The van der Waals surface area contributed by atoms with Crippen molar-refractivity contribution in [1.29, 1.82) is 0 Å². The van der Waals surface area contributed by atoms with E-state index in [-0.39, 0.29) is 63.4 Å². The minimum Gasteiger partial charge on any atom is -0.860 e. The van der Waals surface area contributed by atoms with Gasteiger partial charge in [-0.2, -0.15) is 0 Å². The van der Waals surface area contributed by atoms with Crippen molar-refractivity contribution in [3.05, 3.63) is 92.1 Å². The monoisotopic (exact) mass is 346 g/mol. The van der Waals surface area contributed by atoms with E-state index in [0.29, 0.717) is 5.69 Å². The first-order chi connectivity index (χ1) is 11.1. The van der Waals surface area contributed by atoms with Gasteiger partial charge in [0, 0.05) is 12.0 Å². The number of aromatic nitrogens is 2. The van der Waals surface area contributed by atoms with Gasteiger partial charge >= 0.3 is 57.1 Å². The summed E-state index contributed by atoms with van der Waals surface area (Å²) in [7, 11) is 0. The van der Waals surface area contributed by atoms with E-state index in [4.69, 9.17) is 0 Å². The van der Waals surface area contributed by atoms with E-state index >= 15 is 0 Å². The molecule has 1 heterocycles. The van der Waals surface area contributed by atoms with Crippen LogP contribution >= 0.6 is 0 Å². The molecule has 0 aliphatic carbocycles. The van der Waals surface area contributed by atoms with Crippen LogP contribution < -0.4 is 67.7 Å². The smallest absolute Gasteiger partial charge is 0.860 e. The molecule has 0 spiro atoms. The fraction of sp³-hybridized carbons (Fsp3) is 0.111. The third-order valence-corrected chi connectivity index (χ3v) is 3.74. The van der Waals surface area contributed by atoms with Crippen LogP contribution in [-0.4, -0.2) is 9.55 Å². The van der Waals surface area contributed by atoms with E-state index in [2.05, 4.69) is 4.98 Å². The van der Waals surface area contributed by atoms with E-state index < -0.39 is 17.1 Å². The molecule has 0 bridgehead atoms. The number of rotatable bonds is 3. The molecule has 116 valence electrons. The summed E-state index contributed by atoms with van der Waals surface area (Å²) in [6.07, 6.45) is 0.182. The zero-order chi connectivity index (χ0) is 16.4. The minimum absolute atomic E-state index is 0. The van der Waals surface area contributed by atoms with Gasteiger partial charge in [0.15, 0.2) is 0 Å². The van der Waals surface area contributed by atoms with Crippen LogP contribution in [0.1, 0.15) is 16.7 Å². The van der Waals surface area contributed by atoms with Gasteiger partial charge in [-0.05, 0) is 30.0 Å². The van der Waals surface area contributed by atoms with Crippen molar-refractivity contribution in [1.82, 2.24) is 9.55 Å². The van der Waals surface area contributed by atoms with Crippen molar-refractivity contribution in [3.8, 4) is 11.6 Å². The second-order valence-corrected chi connectivity index (χ2v) is 5.33. The van der Waals surface area contributed by atoms with Crippen LogP contribution in [0.3, 0.4) is 0 Å². The average molecular weight is 346 g/mol. The summed E-state index contributed by atoms with van der Waals surface area (Å²) in [4.78, 5) is 27.1. The molecule has 5 nitrogen and oxygen atoms in total. The third kappa shape index (κ3) is 3.79. The van der Waals surface area contributed by atoms with Crippen molar-refractivity contribution in [3.63, 3.8) is 0 Å². The second kappa shape index (κ2) is 8.09. The van der Waals surface area contributed by atoms with Crippen LogP contribution in [0.25, 0.3) is 5.69 Å². The maximum absolute atomic E-state index is 12.7. The third-order valence-electron chi connectivity index (χ3n) is 3.74. The van der Waals surface area contributed by atoms with E-state index in [1.807, 2.05) is 49.4 Å². The van der Waals surface area contributed by atoms with Crippen LogP contribution in [0.15, 0.2) is 64.2 Å². The number of H-pyrrole nitrogens is 1. The van der Waals surface area contributed by atoms with Gasteiger partial charge in [-0.15, -0.1) is 0 Å². The predicted octanol–water partition coefficient (Wildman–Crippen LogP) is -1.50. The topological polar surface area (TPSA) is 77.9 Å². The fourth-order valence-electron chi connectivity index (χ4n) is 2.54. The van der Waals surface area contributed by atoms with Gasteiger partial charge in [0.2, 0.25) is 0 Å². The molecule has 0 aliphatic rings. The molecule has 3 aromatic rings. The maximum atomic E-state index is 12.7. The minimum atomic E-state index is -0.717. The summed E-state index contributed by atoms with van der Waals surface area (Å²) in [6.45, 7) is 1.81. The fourth-order valence-corrected chi connectivity index (χ4v) is 2.54. The van der Waals surface area contributed by atoms with Crippen LogP contribution in [0.4, 0.5) is 0 Å². The number of nitrogens with zero attached hydrogens (tertiary/aromatic N) is 1. The Labute approximate surface area is 181 Å². The number of aromatic amines is 1. The molecule has 0 atom stereocenters. The Kier molecular flexibility index (Phi) is 6.37. The average Bonchev–Trinajstić information content (AvgIpc) is 2.54. The van der Waals surface area contributed by atoms with E-state index in [1.54, 1.807) is 12.1 Å². The number of nitrogens with one attached hydrogen (secondary N) is 1. The molecule has 0 fully saturated rings. The Morgan fingerprint density at radius 2 is 1.62 bits per heavy atom. The molecule has 0 saturated carbocycles. The predicted molar refractivity (Wildman–Crippen MR) is 86.1 cm³/mol. The Hall–Kier alpha value is -1.44. The number of aryl methyl sites for hydroxylation is 1. The van der Waals surface area contributed by atoms with Crippen molar-refractivity contribution >= 4 is 0 Å². The number of hydrogen-bond acceptors (Lipinski definition) is 3. The van der Waals surface area contributed by atoms with Crippen LogP contribution in [0, 0.1) is 6.92 Å². The molecule has 24 heavy (non-hydrogen) atoms. The summed E-state index contributed by atoms with van der Waals surface area (Å²) in [5.74, 6) is -0.631. The molecule has 3 rings (SSSR count). The molecule has 0 amide bonds. The zero-order valence-corrected chi connectivity index (χ0v) is 16.7. The van der Waals surface area contributed by atoms with Crippen molar-refractivity contribution in [2.75, 3.05) is 0 Å². The Bertz CT molecular complexity index is 962. The Morgan fingerprint density at radius 1 is 1.00 bits per heavy atom. The van der Waals surface area contributed by atoms with Gasteiger partial charge in [0.1, 0.15) is 0 Å². The normalized spacial score (nSPS) is 10.2. The van der Waals surface area contributed by atoms with E-state index in [1.165, 1.54) is 0 Å². The van der Waals surface area contributed by atoms with Gasteiger partial charge in [-0.25, -0.2) is 9.36 Å². The largest absolute Gasteiger partial charge is 1.00 e. The standard InChI is InChI=1S/C18H16N2O3.K/c1-12-7-5-6-10-15(12)20-17(22)14(16(21)19-18(20)23)11-13-8-3-2-4-9-13;/h2-10,21H,11H2,1H3,(H,19,23);/q;+1/p-1. The summed E-state index contributed by atoms with van der Waals surface area (Å²) in [5.41, 5.74) is 0.865. The van der Waals surface area contributed by atoms with Gasteiger partial charge < -0.3 is 10.1 Å². The molecule has 2 aromatic carbocycles. The number of para-hydroxylation sites is 1. The molecule has 1 aromatic heterocycles. The molecule has 0 aliphatic heterocycles. The van der Waals surface area contributed by atoms with Crippen molar-refractivity contribution in [2.45, 2.75) is 13.3 Å². The molecule has 0 unspecified atom stereocenters.